The smallest absolute Gasteiger partial charge is 0.220 e. The Kier molecular flexibility index (Phi) is 74.2. The Bertz CT molecular complexity index is 1640. The Morgan fingerprint density at radius 1 is 0.340 bits per heavy atom. The number of allylic oxidation sites excluding steroid dienone is 5. The standard InChI is InChI=1S/C88H169NO8/c1-3-5-7-9-11-13-15-17-19-21-23-25-27-29-31-33-35-37-38-39-40-41-42-43-44-46-48-50-52-54-56-58-60-62-64-66-68-70-72-74-76-78-84(92)89-81(80-96-88-87(95)86(94)85(93)83(79-90)97-88)82(91)77-75-73-71-69-67-65-63-61-59-57-55-53-51-49-47-45-36-34-32-30-28-26-24-22-20-18-16-14-12-10-8-6-4-2/h59,61,67,69,75,77,81-83,85-88,90-91,93-95H,3-58,60,62-66,68,70-74,76,78-80H2,1-2H3,(H,89,92)/b61-59+,69-67+,77-75+. The highest BCUT2D eigenvalue weighted by atomic mass is 16.7. The fourth-order valence-electron chi connectivity index (χ4n) is 14.4. The van der Waals surface area contributed by atoms with E-state index in [1.807, 2.05) is 6.08 Å². The van der Waals surface area contributed by atoms with Crippen LogP contribution in [0.5, 0.6) is 0 Å². The number of carbonyl (C=O) groups is 1. The van der Waals surface area contributed by atoms with Crippen molar-refractivity contribution in [2.75, 3.05) is 13.2 Å². The third-order valence-electron chi connectivity index (χ3n) is 21.2. The molecule has 0 aromatic rings. The minimum atomic E-state index is -1.58. The zero-order valence-electron chi connectivity index (χ0n) is 64.9. The van der Waals surface area contributed by atoms with E-state index in [2.05, 4.69) is 43.5 Å². The Balaban J connectivity index is 2.04. The number of carbonyl (C=O) groups excluding carboxylic acids is 1. The highest BCUT2D eigenvalue weighted by Gasteiger charge is 2.44. The number of hydrogen-bond acceptors (Lipinski definition) is 8. The maximum Gasteiger partial charge on any atom is 0.220 e. The van der Waals surface area contributed by atoms with E-state index in [1.54, 1.807) is 6.08 Å². The van der Waals surface area contributed by atoms with Crippen molar-refractivity contribution < 1.29 is 39.8 Å². The van der Waals surface area contributed by atoms with Crippen LogP contribution in [0.1, 0.15) is 463 Å². The molecule has 9 heteroatoms. The van der Waals surface area contributed by atoms with Gasteiger partial charge in [-0.3, -0.25) is 4.79 Å². The molecule has 7 atom stereocenters. The molecule has 0 saturated carbocycles. The molecule has 0 aromatic carbocycles. The second kappa shape index (κ2) is 77.0. The maximum absolute atomic E-state index is 13.2. The summed E-state index contributed by atoms with van der Waals surface area (Å²) in [5.74, 6) is -0.181. The predicted molar refractivity (Wildman–Crippen MR) is 420 cm³/mol. The molecule has 1 fully saturated rings. The van der Waals surface area contributed by atoms with Crippen LogP contribution in [-0.4, -0.2) is 87.5 Å². The molecule has 574 valence electrons. The molecule has 1 aliphatic heterocycles. The molecule has 0 spiro atoms. The summed E-state index contributed by atoms with van der Waals surface area (Å²) in [7, 11) is 0. The Morgan fingerprint density at radius 2 is 0.588 bits per heavy atom. The van der Waals surface area contributed by atoms with Gasteiger partial charge >= 0.3 is 0 Å². The molecule has 0 bridgehead atoms. The molecule has 1 heterocycles. The van der Waals surface area contributed by atoms with Crippen molar-refractivity contribution in [3.05, 3.63) is 36.5 Å². The van der Waals surface area contributed by atoms with E-state index in [1.165, 1.54) is 398 Å². The van der Waals surface area contributed by atoms with E-state index in [4.69, 9.17) is 9.47 Å². The first-order valence-corrected chi connectivity index (χ1v) is 43.7. The Morgan fingerprint density at radius 3 is 0.866 bits per heavy atom. The van der Waals surface area contributed by atoms with Crippen molar-refractivity contribution in [2.24, 2.45) is 0 Å². The molecule has 0 aromatic heterocycles. The molecular formula is C88H169NO8. The van der Waals surface area contributed by atoms with Crippen molar-refractivity contribution in [3.63, 3.8) is 0 Å². The van der Waals surface area contributed by atoms with Crippen molar-refractivity contribution in [2.45, 2.75) is 506 Å². The minimum Gasteiger partial charge on any atom is -0.394 e. The van der Waals surface area contributed by atoms with Gasteiger partial charge in [0.15, 0.2) is 6.29 Å². The molecule has 97 heavy (non-hydrogen) atoms. The van der Waals surface area contributed by atoms with Crippen molar-refractivity contribution in [1.82, 2.24) is 5.32 Å². The molecule has 1 saturated heterocycles. The number of hydrogen-bond donors (Lipinski definition) is 6. The summed E-state index contributed by atoms with van der Waals surface area (Å²) in [6.07, 6.45) is 99.2. The Labute approximate surface area is 603 Å². The number of ether oxygens (including phenoxy) is 2. The van der Waals surface area contributed by atoms with Crippen LogP contribution in [0.4, 0.5) is 0 Å². The first-order valence-electron chi connectivity index (χ1n) is 43.7. The quantitative estimate of drug-likeness (QED) is 0.0261. The van der Waals surface area contributed by atoms with E-state index < -0.39 is 49.5 Å². The first kappa shape index (κ1) is 93.4. The fraction of sp³-hybridized carbons (Fsp3) is 0.920. The third kappa shape index (κ3) is 65.0. The third-order valence-corrected chi connectivity index (χ3v) is 21.2. The molecule has 1 amide bonds. The topological polar surface area (TPSA) is 149 Å². The monoisotopic (exact) mass is 1370 g/mol. The number of aliphatic hydroxyl groups is 5. The lowest BCUT2D eigenvalue weighted by molar-refractivity contribution is -0.302. The van der Waals surface area contributed by atoms with Gasteiger partial charge in [0.2, 0.25) is 5.91 Å². The van der Waals surface area contributed by atoms with E-state index >= 15 is 0 Å². The van der Waals surface area contributed by atoms with Crippen LogP contribution in [-0.2, 0) is 14.3 Å². The SMILES string of the molecule is CCCCCCCCCCCCCCCCCCCCCCCCC/C=C/CC/C=C/CC/C=C/C(O)C(COC1OC(CO)C(O)C(O)C1O)NC(=O)CCCCCCCCCCCCCCCCCCCCCCCCCCCCCCCCCCCCCCCCCCC. The lowest BCUT2D eigenvalue weighted by atomic mass is 9.99. The first-order chi connectivity index (χ1) is 47.8. The lowest BCUT2D eigenvalue weighted by Crippen LogP contribution is -2.60. The van der Waals surface area contributed by atoms with Crippen molar-refractivity contribution >= 4 is 5.91 Å². The molecule has 1 rings (SSSR count). The summed E-state index contributed by atoms with van der Waals surface area (Å²) >= 11 is 0. The van der Waals surface area contributed by atoms with Gasteiger partial charge < -0.3 is 40.3 Å². The molecule has 1 aliphatic rings. The van der Waals surface area contributed by atoms with Crippen molar-refractivity contribution in [3.8, 4) is 0 Å². The summed E-state index contributed by atoms with van der Waals surface area (Å²) in [6.45, 7) is 3.83. The normalized spacial score (nSPS) is 17.5. The van der Waals surface area contributed by atoms with Gasteiger partial charge in [0.25, 0.3) is 0 Å². The van der Waals surface area contributed by atoms with Crippen molar-refractivity contribution in [1.29, 1.82) is 0 Å². The van der Waals surface area contributed by atoms with Gasteiger partial charge in [-0.05, 0) is 44.9 Å². The number of amides is 1. The molecular weight excluding hydrogens is 1200 g/mol. The largest absolute Gasteiger partial charge is 0.394 e. The van der Waals surface area contributed by atoms with Crippen LogP contribution in [0, 0.1) is 0 Å². The van der Waals surface area contributed by atoms with Crippen LogP contribution in [0.3, 0.4) is 0 Å². The Hall–Kier alpha value is -1.59. The summed E-state index contributed by atoms with van der Waals surface area (Å²) in [6, 6.07) is -0.829. The minimum absolute atomic E-state index is 0.181. The van der Waals surface area contributed by atoms with E-state index in [-0.39, 0.29) is 12.5 Å². The van der Waals surface area contributed by atoms with Gasteiger partial charge in [-0.2, -0.15) is 0 Å². The second-order valence-corrected chi connectivity index (χ2v) is 30.7. The van der Waals surface area contributed by atoms with Crippen LogP contribution in [0.2, 0.25) is 0 Å². The summed E-state index contributed by atoms with van der Waals surface area (Å²) in [5, 5.41) is 54.9. The van der Waals surface area contributed by atoms with Gasteiger partial charge in [-0.15, -0.1) is 0 Å². The maximum atomic E-state index is 13.2. The molecule has 0 radical (unpaired) electrons. The number of nitrogens with one attached hydrogen (secondary N) is 1. The van der Waals surface area contributed by atoms with Gasteiger partial charge in [-0.1, -0.05) is 448 Å². The van der Waals surface area contributed by atoms with Gasteiger partial charge in [-0.25, -0.2) is 0 Å². The van der Waals surface area contributed by atoms with E-state index in [9.17, 15) is 30.3 Å². The number of rotatable bonds is 79. The number of aliphatic hydroxyl groups excluding tert-OH is 5. The zero-order chi connectivity index (χ0) is 69.9. The predicted octanol–water partition coefficient (Wildman–Crippen LogP) is 25.7. The molecule has 9 nitrogen and oxygen atoms in total. The van der Waals surface area contributed by atoms with Gasteiger partial charge in [0, 0.05) is 6.42 Å². The van der Waals surface area contributed by atoms with Crippen LogP contribution in [0.25, 0.3) is 0 Å². The molecule has 6 N–H and O–H groups in total. The van der Waals surface area contributed by atoms with E-state index in [0.29, 0.717) is 6.42 Å². The fourth-order valence-corrected chi connectivity index (χ4v) is 14.4. The average molecular weight is 1370 g/mol. The van der Waals surface area contributed by atoms with Gasteiger partial charge in [0.1, 0.15) is 24.4 Å². The van der Waals surface area contributed by atoms with Crippen LogP contribution in [0.15, 0.2) is 36.5 Å². The second-order valence-electron chi connectivity index (χ2n) is 30.7. The average Bonchev–Trinajstić information content (AvgIpc) is 0.873. The summed E-state index contributed by atoms with van der Waals surface area (Å²) in [5.41, 5.74) is 0. The highest BCUT2D eigenvalue weighted by Crippen LogP contribution is 2.24. The lowest BCUT2D eigenvalue weighted by Gasteiger charge is -2.40. The van der Waals surface area contributed by atoms with Gasteiger partial charge in [0.05, 0.1) is 25.4 Å². The zero-order valence-corrected chi connectivity index (χ0v) is 64.9. The van der Waals surface area contributed by atoms with E-state index in [0.717, 1.165) is 44.9 Å². The molecule has 7 unspecified atom stereocenters. The molecule has 0 aliphatic carbocycles. The van der Waals surface area contributed by atoms with Crippen LogP contribution < -0.4 is 5.32 Å². The number of unbranched alkanes of at least 4 members (excludes halogenated alkanes) is 65. The highest BCUT2D eigenvalue weighted by molar-refractivity contribution is 5.76. The summed E-state index contributed by atoms with van der Waals surface area (Å²) in [4.78, 5) is 13.2. The summed E-state index contributed by atoms with van der Waals surface area (Å²) < 4.78 is 11.3. The van der Waals surface area contributed by atoms with Crippen LogP contribution >= 0.6 is 0 Å².